The van der Waals surface area contributed by atoms with Crippen molar-refractivity contribution in [2.75, 3.05) is 35.7 Å². The lowest BCUT2D eigenvalue weighted by atomic mass is 9.77. The van der Waals surface area contributed by atoms with E-state index in [1.165, 1.54) is 0 Å². The molecule has 0 bridgehead atoms. The van der Waals surface area contributed by atoms with Crippen LogP contribution in [0, 0.1) is 0 Å². The minimum absolute atomic E-state index is 0.0156. The number of fused-ring (bicyclic) bond motifs is 1. The second-order valence-corrected chi connectivity index (χ2v) is 13.4. The fourth-order valence-electron chi connectivity index (χ4n) is 4.86. The summed E-state index contributed by atoms with van der Waals surface area (Å²) < 4.78 is 77.3. The van der Waals surface area contributed by atoms with Crippen molar-refractivity contribution in [3.8, 4) is 0 Å². The van der Waals surface area contributed by atoms with Crippen LogP contribution in [0.1, 0.15) is 49.5 Å². The van der Waals surface area contributed by atoms with Crippen LogP contribution in [0.3, 0.4) is 0 Å². The van der Waals surface area contributed by atoms with Gasteiger partial charge in [0.25, 0.3) is 0 Å². The topological polar surface area (TPSA) is 91.2 Å². The van der Waals surface area contributed by atoms with E-state index in [-0.39, 0.29) is 30.7 Å². The van der Waals surface area contributed by atoms with Crippen LogP contribution in [-0.4, -0.2) is 55.3 Å². The van der Waals surface area contributed by atoms with Crippen molar-refractivity contribution in [1.82, 2.24) is 15.0 Å². The number of halogens is 5. The Morgan fingerprint density at radius 1 is 1.14 bits per heavy atom. The Labute approximate surface area is 201 Å². The molecular weight excluding hydrogens is 513 g/mol. The summed E-state index contributed by atoms with van der Waals surface area (Å²) in [6.07, 6.45) is 4.65. The summed E-state index contributed by atoms with van der Waals surface area (Å²) >= 11 is 0. The molecule has 3 aliphatic rings. The van der Waals surface area contributed by atoms with Gasteiger partial charge in [0, 0.05) is 37.2 Å². The SMILES string of the molecule is O=[S@]1CCc2nc(N3CCC(c4ncc(S(F)(F)(F)(F)F)cn4)CC3)cc(NC3(CO)CCC3)c21. The van der Waals surface area contributed by atoms with Crippen molar-refractivity contribution in [1.29, 1.82) is 0 Å². The first-order valence-electron chi connectivity index (χ1n) is 11.4. The van der Waals surface area contributed by atoms with Crippen LogP contribution in [-0.2, 0) is 17.2 Å². The number of pyridine rings is 1. The van der Waals surface area contributed by atoms with Crippen molar-refractivity contribution < 1.29 is 28.7 Å². The summed E-state index contributed by atoms with van der Waals surface area (Å²) in [6.45, 7) is 1.03. The van der Waals surface area contributed by atoms with E-state index in [1.807, 2.05) is 11.0 Å². The average Bonchev–Trinajstić information content (AvgIpc) is 3.16. The van der Waals surface area contributed by atoms with E-state index in [4.69, 9.17) is 4.98 Å². The van der Waals surface area contributed by atoms with Crippen LogP contribution in [0.5, 0.6) is 0 Å². The Balaban J connectivity index is 1.32. The van der Waals surface area contributed by atoms with Gasteiger partial charge in [0.1, 0.15) is 16.5 Å². The van der Waals surface area contributed by atoms with Gasteiger partial charge in [-0.3, -0.25) is 4.21 Å². The Morgan fingerprint density at radius 2 is 1.80 bits per heavy atom. The minimum atomic E-state index is -9.79. The minimum Gasteiger partial charge on any atom is -0.394 e. The van der Waals surface area contributed by atoms with Gasteiger partial charge in [0.2, 0.25) is 0 Å². The molecule has 4 heterocycles. The lowest BCUT2D eigenvalue weighted by Gasteiger charge is -2.42. The van der Waals surface area contributed by atoms with Crippen LogP contribution in [0.15, 0.2) is 28.3 Å². The van der Waals surface area contributed by atoms with E-state index in [0.717, 1.165) is 30.6 Å². The Hall–Kier alpha value is -2.06. The van der Waals surface area contributed by atoms with E-state index in [9.17, 15) is 28.7 Å². The fourth-order valence-corrected chi connectivity index (χ4v) is 6.71. The highest BCUT2D eigenvalue weighted by Gasteiger charge is 2.66. The van der Waals surface area contributed by atoms with Gasteiger partial charge in [-0.15, -0.1) is 0 Å². The Morgan fingerprint density at radius 3 is 2.34 bits per heavy atom. The number of nitrogens with one attached hydrogen (secondary N) is 1. The highest BCUT2D eigenvalue weighted by molar-refractivity contribution is 8.45. The molecule has 0 amide bonds. The van der Waals surface area contributed by atoms with Crippen molar-refractivity contribution >= 4 is 32.5 Å². The number of piperidine rings is 1. The molecule has 2 fully saturated rings. The molecule has 0 unspecified atom stereocenters. The van der Waals surface area contributed by atoms with Gasteiger partial charge >= 0.3 is 10.2 Å². The number of hydrogen-bond acceptors (Lipinski definition) is 7. The molecular formula is C21H26F5N5O2S2. The molecule has 7 nitrogen and oxygen atoms in total. The van der Waals surface area contributed by atoms with Crippen LogP contribution in [0.4, 0.5) is 30.9 Å². The molecule has 0 radical (unpaired) electrons. The van der Waals surface area contributed by atoms with Crippen LogP contribution in [0.25, 0.3) is 0 Å². The van der Waals surface area contributed by atoms with Gasteiger partial charge in [0.05, 0.1) is 51.6 Å². The third-order valence-corrected chi connectivity index (χ3v) is 9.66. The second kappa shape index (κ2) is 7.72. The van der Waals surface area contributed by atoms with Gasteiger partial charge in [-0.2, -0.15) is 0 Å². The number of aryl methyl sites for hydroxylation is 1. The van der Waals surface area contributed by atoms with Gasteiger partial charge in [-0.05, 0) is 32.1 Å². The first kappa shape index (κ1) is 24.6. The molecule has 14 heteroatoms. The fraction of sp³-hybridized carbons (Fsp3) is 0.571. The molecule has 2 N–H and O–H groups in total. The van der Waals surface area contributed by atoms with E-state index >= 15 is 0 Å². The second-order valence-electron chi connectivity index (χ2n) is 9.53. The van der Waals surface area contributed by atoms with E-state index in [2.05, 4.69) is 15.3 Å². The maximum atomic E-state index is 12.9. The number of rotatable bonds is 6. The summed E-state index contributed by atoms with van der Waals surface area (Å²) in [4.78, 5) is 12.6. The predicted molar refractivity (Wildman–Crippen MR) is 124 cm³/mol. The molecule has 0 aromatic carbocycles. The largest absolute Gasteiger partial charge is 0.394 e. The molecule has 1 saturated carbocycles. The number of aliphatic hydroxyl groups excluding tert-OH is 1. The quantitative estimate of drug-likeness (QED) is 0.505. The Bertz CT molecular complexity index is 1160. The number of anilines is 2. The average molecular weight is 540 g/mol. The zero-order chi connectivity index (χ0) is 25.1. The lowest BCUT2D eigenvalue weighted by Crippen LogP contribution is -2.48. The summed E-state index contributed by atoms with van der Waals surface area (Å²) in [5, 5.41) is 13.3. The van der Waals surface area contributed by atoms with E-state index in [0.29, 0.717) is 48.8 Å². The van der Waals surface area contributed by atoms with Crippen molar-refractivity contribution in [3.63, 3.8) is 0 Å². The van der Waals surface area contributed by atoms with Gasteiger partial charge in [-0.1, -0.05) is 19.4 Å². The zero-order valence-corrected chi connectivity index (χ0v) is 20.4. The third kappa shape index (κ3) is 4.84. The molecule has 2 aliphatic heterocycles. The molecule has 1 aliphatic carbocycles. The van der Waals surface area contributed by atoms with Crippen molar-refractivity contribution in [3.05, 3.63) is 30.0 Å². The molecule has 35 heavy (non-hydrogen) atoms. The van der Waals surface area contributed by atoms with Crippen molar-refractivity contribution in [2.45, 2.75) is 59.8 Å². The standard InChI is InChI=1S/C21H26F5N5O2S2/c22-35(23,24,25,26)15-11-27-20(28-12-15)14-2-7-31(8-3-14)18-10-17(30-21(13-32)5-1-6-21)19-16(29-18)4-9-34(19)33/h10-12,14,32H,1-9,13H2,(H,29,30)/t34-/m0/s1. The summed E-state index contributed by atoms with van der Waals surface area (Å²) in [7, 11) is -10.9. The smallest absolute Gasteiger partial charge is 0.313 e. The molecule has 194 valence electrons. The van der Waals surface area contributed by atoms with Gasteiger partial charge < -0.3 is 15.3 Å². The van der Waals surface area contributed by atoms with Gasteiger partial charge in [0.15, 0.2) is 0 Å². The molecule has 1 saturated heterocycles. The van der Waals surface area contributed by atoms with Crippen LogP contribution in [0.2, 0.25) is 0 Å². The molecule has 1 atom stereocenters. The highest BCUT2D eigenvalue weighted by Crippen LogP contribution is 3.01. The zero-order valence-electron chi connectivity index (χ0n) is 18.7. The van der Waals surface area contributed by atoms with Crippen LogP contribution < -0.4 is 10.2 Å². The molecule has 5 rings (SSSR count). The first-order valence-corrected chi connectivity index (χ1v) is 14.7. The van der Waals surface area contributed by atoms with E-state index < -0.39 is 31.5 Å². The summed E-state index contributed by atoms with van der Waals surface area (Å²) in [6, 6.07) is 1.86. The molecule has 2 aromatic heterocycles. The van der Waals surface area contributed by atoms with Crippen molar-refractivity contribution in [2.24, 2.45) is 0 Å². The van der Waals surface area contributed by atoms with Crippen LogP contribution >= 0.6 is 10.2 Å². The van der Waals surface area contributed by atoms with E-state index in [1.54, 1.807) is 0 Å². The predicted octanol–water partition coefficient (Wildman–Crippen LogP) is 4.90. The number of aliphatic hydroxyl groups is 1. The maximum Gasteiger partial charge on any atom is 0.313 e. The third-order valence-electron chi connectivity index (χ3n) is 7.07. The number of nitrogens with zero attached hydrogens (tertiary/aromatic N) is 4. The maximum absolute atomic E-state index is 12.9. The highest BCUT2D eigenvalue weighted by atomic mass is 32.5. The molecule has 2 aromatic rings. The number of aromatic nitrogens is 3. The normalized spacial score (nSPS) is 24.3. The summed E-state index contributed by atoms with van der Waals surface area (Å²) in [5.41, 5.74) is 1.09. The lowest BCUT2D eigenvalue weighted by molar-refractivity contribution is 0.144. The Kier molecular flexibility index (Phi) is 5.43. The first-order chi connectivity index (χ1) is 16.3. The summed E-state index contributed by atoms with van der Waals surface area (Å²) in [5.74, 6) is 1.06. The molecule has 0 spiro atoms. The number of hydrogen-bond donors (Lipinski definition) is 2. The monoisotopic (exact) mass is 539 g/mol. The van der Waals surface area contributed by atoms with Gasteiger partial charge in [-0.25, -0.2) is 15.0 Å².